The van der Waals surface area contributed by atoms with Crippen LogP contribution in [0.3, 0.4) is 0 Å². The van der Waals surface area contributed by atoms with Crippen molar-refractivity contribution in [3.05, 3.63) is 0 Å². The van der Waals surface area contributed by atoms with Crippen LogP contribution < -0.4 is 0 Å². The number of ketones is 3. The fourth-order valence-corrected chi connectivity index (χ4v) is 3.26. The van der Waals surface area contributed by atoms with Gasteiger partial charge in [-0.05, 0) is 26.7 Å². The second-order valence-electron chi connectivity index (χ2n) is 6.06. The first kappa shape index (κ1) is 14.1. The molecule has 0 amide bonds. The first-order valence-electron chi connectivity index (χ1n) is 6.23. The topological polar surface area (TPSA) is 51.2 Å². The van der Waals surface area contributed by atoms with Crippen LogP contribution in [0.4, 0.5) is 0 Å². The van der Waals surface area contributed by atoms with Gasteiger partial charge in [-0.25, -0.2) is 0 Å². The van der Waals surface area contributed by atoms with Crippen molar-refractivity contribution < 1.29 is 14.4 Å². The van der Waals surface area contributed by atoms with Gasteiger partial charge in [-0.3, -0.25) is 14.4 Å². The van der Waals surface area contributed by atoms with E-state index in [4.69, 9.17) is 0 Å². The average molecular weight is 238 g/mol. The summed E-state index contributed by atoms with van der Waals surface area (Å²) in [5.41, 5.74) is -1.12. The molecule has 0 aromatic heterocycles. The van der Waals surface area contributed by atoms with Gasteiger partial charge in [0.05, 0.1) is 0 Å². The van der Waals surface area contributed by atoms with Crippen molar-refractivity contribution >= 4 is 17.3 Å². The van der Waals surface area contributed by atoms with Gasteiger partial charge in [0.25, 0.3) is 0 Å². The van der Waals surface area contributed by atoms with Crippen LogP contribution in [0.2, 0.25) is 0 Å². The summed E-state index contributed by atoms with van der Waals surface area (Å²) in [5, 5.41) is 0. The van der Waals surface area contributed by atoms with Crippen molar-refractivity contribution in [3.63, 3.8) is 0 Å². The second kappa shape index (κ2) is 4.71. The highest BCUT2D eigenvalue weighted by Crippen LogP contribution is 2.46. The van der Waals surface area contributed by atoms with Crippen LogP contribution in [0.15, 0.2) is 0 Å². The summed E-state index contributed by atoms with van der Waals surface area (Å²) in [4.78, 5) is 35.1. The smallest absolute Gasteiger partial charge is 0.145 e. The van der Waals surface area contributed by atoms with Crippen LogP contribution in [-0.4, -0.2) is 17.3 Å². The summed E-state index contributed by atoms with van der Waals surface area (Å²) < 4.78 is 0. The third-order valence-electron chi connectivity index (χ3n) is 3.83. The molecule has 1 fully saturated rings. The van der Waals surface area contributed by atoms with E-state index < -0.39 is 10.8 Å². The van der Waals surface area contributed by atoms with E-state index in [9.17, 15) is 14.4 Å². The predicted octanol–water partition coefficient (Wildman–Crippen LogP) is 2.71. The molecule has 0 bridgehead atoms. The SMILES string of the molecule is CC(=O)C[C@@]1(C)CCC[C@](C)(CC(C)=O)C1=O. The van der Waals surface area contributed by atoms with E-state index >= 15 is 0 Å². The summed E-state index contributed by atoms with van der Waals surface area (Å²) in [6.45, 7) is 6.79. The molecule has 96 valence electrons. The minimum absolute atomic E-state index is 0.0490. The first-order chi connectivity index (χ1) is 7.69. The lowest BCUT2D eigenvalue weighted by Crippen LogP contribution is -2.46. The molecule has 0 heterocycles. The predicted molar refractivity (Wildman–Crippen MR) is 65.7 cm³/mol. The van der Waals surface area contributed by atoms with Crippen molar-refractivity contribution in [2.75, 3.05) is 0 Å². The van der Waals surface area contributed by atoms with Gasteiger partial charge in [-0.15, -0.1) is 0 Å². The minimum Gasteiger partial charge on any atom is -0.300 e. The zero-order chi connectivity index (χ0) is 13.3. The molecule has 2 atom stereocenters. The minimum atomic E-state index is -0.561. The van der Waals surface area contributed by atoms with Gasteiger partial charge in [-0.1, -0.05) is 20.3 Å². The molecule has 1 aliphatic carbocycles. The molecular weight excluding hydrogens is 216 g/mol. The van der Waals surface area contributed by atoms with Crippen LogP contribution in [0.25, 0.3) is 0 Å². The monoisotopic (exact) mass is 238 g/mol. The second-order valence-corrected chi connectivity index (χ2v) is 6.06. The third-order valence-corrected chi connectivity index (χ3v) is 3.83. The summed E-state index contributed by atoms with van der Waals surface area (Å²) in [6.07, 6.45) is 3.05. The Morgan fingerprint density at radius 2 is 1.35 bits per heavy atom. The maximum atomic E-state index is 12.5. The number of Topliss-reactive ketones (excluding diaryl/α,β-unsaturated/α-hetero) is 3. The zero-order valence-corrected chi connectivity index (χ0v) is 11.3. The van der Waals surface area contributed by atoms with Crippen molar-refractivity contribution in [1.29, 1.82) is 0 Å². The average Bonchev–Trinajstić information content (AvgIpc) is 2.12. The summed E-state index contributed by atoms with van der Waals surface area (Å²) in [7, 11) is 0. The van der Waals surface area contributed by atoms with Gasteiger partial charge in [0, 0.05) is 23.7 Å². The van der Waals surface area contributed by atoms with E-state index in [0.29, 0.717) is 12.8 Å². The van der Waals surface area contributed by atoms with Gasteiger partial charge in [0.15, 0.2) is 0 Å². The zero-order valence-electron chi connectivity index (χ0n) is 11.3. The Morgan fingerprint density at radius 1 is 1.00 bits per heavy atom. The molecule has 17 heavy (non-hydrogen) atoms. The third kappa shape index (κ3) is 3.02. The van der Waals surface area contributed by atoms with Crippen LogP contribution >= 0.6 is 0 Å². The highest BCUT2D eigenvalue weighted by molar-refractivity contribution is 5.96. The quantitative estimate of drug-likeness (QED) is 0.756. The fourth-order valence-electron chi connectivity index (χ4n) is 3.26. The molecule has 1 aliphatic rings. The van der Waals surface area contributed by atoms with Crippen molar-refractivity contribution in [3.8, 4) is 0 Å². The number of carbonyl (C=O) groups excluding carboxylic acids is 3. The van der Waals surface area contributed by atoms with E-state index in [0.717, 1.165) is 19.3 Å². The standard InChI is InChI=1S/C14H22O3/c1-10(15)8-13(3)6-5-7-14(4,12(13)17)9-11(2)16/h5-9H2,1-4H3/t13-,14-/m1/s1. The van der Waals surface area contributed by atoms with Gasteiger partial charge in [0.1, 0.15) is 17.3 Å². The summed E-state index contributed by atoms with van der Waals surface area (Å²) >= 11 is 0. The Balaban J connectivity index is 2.95. The van der Waals surface area contributed by atoms with Crippen molar-refractivity contribution in [2.24, 2.45) is 10.8 Å². The molecule has 0 aromatic rings. The molecule has 0 aromatic carbocycles. The Hall–Kier alpha value is -0.990. The van der Waals surface area contributed by atoms with E-state index in [-0.39, 0.29) is 17.3 Å². The lowest BCUT2D eigenvalue weighted by molar-refractivity contribution is -0.147. The number of carbonyl (C=O) groups is 3. The molecule has 0 saturated heterocycles. The summed E-state index contributed by atoms with van der Waals surface area (Å²) in [6, 6.07) is 0. The normalized spacial score (nSPS) is 33.5. The maximum Gasteiger partial charge on any atom is 0.145 e. The molecule has 3 heteroatoms. The molecule has 0 radical (unpaired) electrons. The van der Waals surface area contributed by atoms with Crippen LogP contribution in [0, 0.1) is 10.8 Å². The summed E-state index contributed by atoms with van der Waals surface area (Å²) in [5.74, 6) is 0.197. The number of hydrogen-bond acceptors (Lipinski definition) is 3. The number of rotatable bonds is 4. The van der Waals surface area contributed by atoms with Crippen molar-refractivity contribution in [1.82, 2.24) is 0 Å². The molecule has 1 saturated carbocycles. The Labute approximate surface area is 103 Å². The lowest BCUT2D eigenvalue weighted by Gasteiger charge is -2.42. The molecule has 1 rings (SSSR count). The molecule has 0 aliphatic heterocycles. The van der Waals surface area contributed by atoms with E-state index in [1.165, 1.54) is 13.8 Å². The van der Waals surface area contributed by atoms with E-state index in [1.807, 2.05) is 13.8 Å². The molecule has 3 nitrogen and oxygen atoms in total. The molecule has 0 spiro atoms. The maximum absolute atomic E-state index is 12.5. The van der Waals surface area contributed by atoms with Crippen LogP contribution in [0.1, 0.15) is 59.8 Å². The van der Waals surface area contributed by atoms with E-state index in [2.05, 4.69) is 0 Å². The Bertz CT molecular complexity index is 326. The van der Waals surface area contributed by atoms with Gasteiger partial charge in [0.2, 0.25) is 0 Å². The first-order valence-corrected chi connectivity index (χ1v) is 6.23. The fraction of sp³-hybridized carbons (Fsp3) is 0.786. The highest BCUT2D eigenvalue weighted by atomic mass is 16.1. The van der Waals surface area contributed by atoms with Gasteiger partial charge < -0.3 is 0 Å². The van der Waals surface area contributed by atoms with Crippen LogP contribution in [-0.2, 0) is 14.4 Å². The van der Waals surface area contributed by atoms with Crippen LogP contribution in [0.5, 0.6) is 0 Å². The Kier molecular flexibility index (Phi) is 3.90. The largest absolute Gasteiger partial charge is 0.300 e. The molecule has 0 unspecified atom stereocenters. The van der Waals surface area contributed by atoms with Gasteiger partial charge >= 0.3 is 0 Å². The van der Waals surface area contributed by atoms with E-state index in [1.54, 1.807) is 0 Å². The lowest BCUT2D eigenvalue weighted by atomic mass is 9.59. The van der Waals surface area contributed by atoms with Crippen molar-refractivity contribution in [2.45, 2.75) is 59.8 Å². The Morgan fingerprint density at radius 3 is 1.65 bits per heavy atom. The highest BCUT2D eigenvalue weighted by Gasteiger charge is 2.48. The van der Waals surface area contributed by atoms with Gasteiger partial charge in [-0.2, -0.15) is 0 Å². The number of hydrogen-bond donors (Lipinski definition) is 0. The molecular formula is C14H22O3. The molecule has 0 N–H and O–H groups in total.